The van der Waals surface area contributed by atoms with Crippen molar-refractivity contribution in [2.45, 2.75) is 43.7 Å². The summed E-state index contributed by atoms with van der Waals surface area (Å²) in [6.45, 7) is 0. The van der Waals surface area contributed by atoms with Gasteiger partial charge >= 0.3 is 6.18 Å². The summed E-state index contributed by atoms with van der Waals surface area (Å²) in [7, 11) is 0. The first-order valence-corrected chi connectivity index (χ1v) is 8.38. The van der Waals surface area contributed by atoms with E-state index in [2.05, 4.69) is 0 Å². The van der Waals surface area contributed by atoms with Gasteiger partial charge in [-0.3, -0.25) is 4.79 Å². The highest BCUT2D eigenvalue weighted by Gasteiger charge is 2.37. The number of aryl methyl sites for hydroxylation is 1. The number of halogens is 4. The lowest BCUT2D eigenvalue weighted by Crippen LogP contribution is -2.22. The standard InChI is InChI=1S/C20H16F4O/c21-14-5-8-15-12(9-14)3-6-17(19(15)25)16-7-4-13(20(22,23)24)10-18(16)11-1-2-11/h4-5,7-11,17H,1-3,6H2. The van der Waals surface area contributed by atoms with Gasteiger partial charge < -0.3 is 0 Å². The minimum atomic E-state index is -4.39. The molecule has 4 rings (SSSR count). The van der Waals surface area contributed by atoms with E-state index in [1.54, 1.807) is 0 Å². The molecule has 130 valence electrons. The second kappa shape index (κ2) is 5.68. The second-order valence-corrected chi connectivity index (χ2v) is 6.87. The number of alkyl halides is 3. The number of carbonyl (C=O) groups is 1. The van der Waals surface area contributed by atoms with Gasteiger partial charge in [-0.1, -0.05) is 6.07 Å². The fourth-order valence-electron chi connectivity index (χ4n) is 3.74. The zero-order valence-corrected chi connectivity index (χ0v) is 13.4. The van der Waals surface area contributed by atoms with Crippen LogP contribution in [0.25, 0.3) is 0 Å². The van der Waals surface area contributed by atoms with Crippen LogP contribution in [0.2, 0.25) is 0 Å². The lowest BCUT2D eigenvalue weighted by atomic mass is 9.77. The van der Waals surface area contributed by atoms with Gasteiger partial charge in [0.25, 0.3) is 0 Å². The summed E-state index contributed by atoms with van der Waals surface area (Å²) in [6.07, 6.45) is -1.62. The Morgan fingerprint density at radius 3 is 2.36 bits per heavy atom. The molecule has 2 aromatic carbocycles. The molecule has 1 saturated carbocycles. The van der Waals surface area contributed by atoms with E-state index in [1.165, 1.54) is 30.3 Å². The first-order valence-electron chi connectivity index (χ1n) is 8.38. The van der Waals surface area contributed by atoms with E-state index in [0.717, 1.165) is 18.9 Å². The third-order valence-electron chi connectivity index (χ3n) is 5.16. The largest absolute Gasteiger partial charge is 0.416 e. The smallest absolute Gasteiger partial charge is 0.293 e. The van der Waals surface area contributed by atoms with E-state index in [9.17, 15) is 22.4 Å². The second-order valence-electron chi connectivity index (χ2n) is 6.87. The molecule has 1 nitrogen and oxygen atoms in total. The quantitative estimate of drug-likeness (QED) is 0.643. The average molecular weight is 348 g/mol. The Hall–Kier alpha value is -2.17. The Morgan fingerprint density at radius 2 is 1.68 bits per heavy atom. The van der Waals surface area contributed by atoms with Gasteiger partial charge in [-0.15, -0.1) is 0 Å². The van der Waals surface area contributed by atoms with Crippen molar-refractivity contribution in [1.82, 2.24) is 0 Å². The SMILES string of the molecule is O=C1c2ccc(F)cc2CCC1c1ccc(C(F)(F)F)cc1C1CC1. The molecule has 0 amide bonds. The number of hydrogen-bond donors (Lipinski definition) is 0. The number of benzene rings is 2. The van der Waals surface area contributed by atoms with Crippen LogP contribution >= 0.6 is 0 Å². The molecule has 0 N–H and O–H groups in total. The number of carbonyl (C=O) groups excluding carboxylic acids is 1. The van der Waals surface area contributed by atoms with Gasteiger partial charge in [0.05, 0.1) is 5.56 Å². The van der Waals surface area contributed by atoms with Crippen molar-refractivity contribution in [1.29, 1.82) is 0 Å². The molecule has 1 unspecified atom stereocenters. The van der Waals surface area contributed by atoms with Crippen molar-refractivity contribution in [2.24, 2.45) is 0 Å². The fraction of sp³-hybridized carbons (Fsp3) is 0.350. The van der Waals surface area contributed by atoms with Crippen LogP contribution in [0, 0.1) is 5.82 Å². The van der Waals surface area contributed by atoms with Gasteiger partial charge in [0.2, 0.25) is 0 Å². The van der Waals surface area contributed by atoms with Crippen molar-refractivity contribution >= 4 is 5.78 Å². The van der Waals surface area contributed by atoms with Crippen molar-refractivity contribution in [3.63, 3.8) is 0 Å². The summed E-state index contributed by atoms with van der Waals surface area (Å²) in [6, 6.07) is 7.86. The fourth-order valence-corrected chi connectivity index (χ4v) is 3.74. The lowest BCUT2D eigenvalue weighted by Gasteiger charge is -2.26. The monoisotopic (exact) mass is 348 g/mol. The maximum atomic E-state index is 13.4. The molecule has 5 heteroatoms. The molecule has 0 heterocycles. The van der Waals surface area contributed by atoms with Crippen LogP contribution in [0.15, 0.2) is 36.4 Å². The third kappa shape index (κ3) is 2.96. The summed E-state index contributed by atoms with van der Waals surface area (Å²) in [5.74, 6) is -0.836. The van der Waals surface area contributed by atoms with Gasteiger partial charge in [-0.25, -0.2) is 4.39 Å². The summed E-state index contributed by atoms with van der Waals surface area (Å²) >= 11 is 0. The number of ketones is 1. The molecule has 0 aromatic heterocycles. The Bertz CT molecular complexity index is 849. The van der Waals surface area contributed by atoms with Crippen LogP contribution in [0.1, 0.15) is 63.7 Å². The van der Waals surface area contributed by atoms with E-state index < -0.39 is 17.7 Å². The minimum absolute atomic E-state index is 0.111. The van der Waals surface area contributed by atoms with Gasteiger partial charge in [0.1, 0.15) is 5.82 Å². The van der Waals surface area contributed by atoms with Crippen LogP contribution in [0.5, 0.6) is 0 Å². The van der Waals surface area contributed by atoms with Crippen molar-refractivity contribution in [2.75, 3.05) is 0 Å². The van der Waals surface area contributed by atoms with E-state index in [1.807, 2.05) is 0 Å². The van der Waals surface area contributed by atoms with E-state index in [0.29, 0.717) is 35.1 Å². The van der Waals surface area contributed by atoms with Gasteiger partial charge in [-0.05, 0) is 78.6 Å². The van der Waals surface area contributed by atoms with Crippen molar-refractivity contribution < 1.29 is 22.4 Å². The van der Waals surface area contributed by atoms with Crippen molar-refractivity contribution in [3.8, 4) is 0 Å². The number of fused-ring (bicyclic) bond motifs is 1. The highest BCUT2D eigenvalue weighted by atomic mass is 19.4. The highest BCUT2D eigenvalue weighted by molar-refractivity contribution is 6.03. The maximum absolute atomic E-state index is 13.4. The van der Waals surface area contributed by atoms with Gasteiger partial charge in [-0.2, -0.15) is 13.2 Å². The highest BCUT2D eigenvalue weighted by Crippen LogP contribution is 2.47. The molecule has 0 saturated heterocycles. The minimum Gasteiger partial charge on any atom is -0.293 e. The Kier molecular flexibility index (Phi) is 3.71. The van der Waals surface area contributed by atoms with Crippen molar-refractivity contribution in [3.05, 3.63) is 70.0 Å². The molecule has 0 aliphatic heterocycles. The lowest BCUT2D eigenvalue weighted by molar-refractivity contribution is -0.137. The first-order chi connectivity index (χ1) is 11.8. The molecule has 2 aliphatic rings. The topological polar surface area (TPSA) is 17.1 Å². The molecule has 25 heavy (non-hydrogen) atoms. The molecule has 1 fully saturated rings. The zero-order chi connectivity index (χ0) is 17.8. The van der Waals surface area contributed by atoms with E-state index in [4.69, 9.17) is 0 Å². The molecule has 0 bridgehead atoms. The predicted molar refractivity (Wildman–Crippen MR) is 85.2 cm³/mol. The third-order valence-corrected chi connectivity index (χ3v) is 5.16. The number of rotatable bonds is 2. The van der Waals surface area contributed by atoms with Crippen LogP contribution < -0.4 is 0 Å². The first kappa shape index (κ1) is 16.3. The van der Waals surface area contributed by atoms with Crippen LogP contribution in [0.3, 0.4) is 0 Å². The van der Waals surface area contributed by atoms with E-state index >= 15 is 0 Å². The van der Waals surface area contributed by atoms with Gasteiger partial charge in [0.15, 0.2) is 5.78 Å². The Morgan fingerprint density at radius 1 is 0.920 bits per heavy atom. The predicted octanol–water partition coefficient (Wildman–Crippen LogP) is 5.63. The molecule has 2 aliphatic carbocycles. The summed E-state index contributed by atoms with van der Waals surface area (Å²) in [5, 5.41) is 0. The molecule has 1 atom stereocenters. The summed E-state index contributed by atoms with van der Waals surface area (Å²) in [4.78, 5) is 12.9. The van der Waals surface area contributed by atoms with Gasteiger partial charge in [0, 0.05) is 11.5 Å². The molecule has 2 aromatic rings. The normalized spacial score (nSPS) is 20.5. The summed E-state index contributed by atoms with van der Waals surface area (Å²) < 4.78 is 52.5. The average Bonchev–Trinajstić information content (AvgIpc) is 3.38. The summed E-state index contributed by atoms with van der Waals surface area (Å²) in [5.41, 5.74) is 1.86. The Balaban J connectivity index is 1.75. The zero-order valence-electron chi connectivity index (χ0n) is 13.4. The molecule has 0 radical (unpaired) electrons. The van der Waals surface area contributed by atoms with E-state index in [-0.39, 0.29) is 17.5 Å². The van der Waals surface area contributed by atoms with Crippen LogP contribution in [-0.2, 0) is 12.6 Å². The number of Topliss-reactive ketones (excluding diaryl/α,β-unsaturated/α-hetero) is 1. The molecule has 0 spiro atoms. The number of hydrogen-bond acceptors (Lipinski definition) is 1. The maximum Gasteiger partial charge on any atom is 0.416 e. The Labute approximate surface area is 142 Å². The van der Waals surface area contributed by atoms with Crippen LogP contribution in [0.4, 0.5) is 17.6 Å². The molecular formula is C20H16F4O. The molecular weight excluding hydrogens is 332 g/mol. The van der Waals surface area contributed by atoms with Crippen LogP contribution in [-0.4, -0.2) is 5.78 Å².